The lowest BCUT2D eigenvalue weighted by Crippen LogP contribution is -2.42. The van der Waals surface area contributed by atoms with Crippen LogP contribution in [0.5, 0.6) is 0 Å². The number of rotatable bonds is 4. The van der Waals surface area contributed by atoms with E-state index in [4.69, 9.17) is 4.74 Å². The molecule has 2 heterocycles. The molecular formula is C16H19N5O3. The highest BCUT2D eigenvalue weighted by molar-refractivity contribution is 5.93. The first-order valence-corrected chi connectivity index (χ1v) is 7.76. The van der Waals surface area contributed by atoms with Crippen LogP contribution in [0, 0.1) is 0 Å². The van der Waals surface area contributed by atoms with Crippen molar-refractivity contribution in [3.8, 4) is 11.3 Å². The summed E-state index contributed by atoms with van der Waals surface area (Å²) >= 11 is 0. The van der Waals surface area contributed by atoms with E-state index >= 15 is 0 Å². The molecule has 0 spiro atoms. The third kappa shape index (κ3) is 3.77. The summed E-state index contributed by atoms with van der Waals surface area (Å²) in [5.74, 6) is -0.165. The molecule has 1 aliphatic heterocycles. The maximum Gasteiger partial charge on any atom is 0.244 e. The number of para-hydroxylation sites is 1. The van der Waals surface area contributed by atoms with Crippen molar-refractivity contribution in [1.29, 1.82) is 0 Å². The van der Waals surface area contributed by atoms with E-state index in [1.165, 1.54) is 11.6 Å². The molecule has 1 aromatic carbocycles. The Morgan fingerprint density at radius 1 is 1.25 bits per heavy atom. The smallest absolute Gasteiger partial charge is 0.244 e. The van der Waals surface area contributed by atoms with Crippen molar-refractivity contribution in [3.63, 3.8) is 0 Å². The van der Waals surface area contributed by atoms with Crippen LogP contribution >= 0.6 is 0 Å². The van der Waals surface area contributed by atoms with Crippen molar-refractivity contribution in [2.75, 3.05) is 31.6 Å². The van der Waals surface area contributed by atoms with Gasteiger partial charge in [-0.05, 0) is 6.07 Å². The number of ether oxygens (including phenoxy) is 1. The lowest BCUT2D eigenvalue weighted by molar-refractivity contribution is -0.136. The molecule has 8 heteroatoms. The normalized spacial score (nSPS) is 14.5. The van der Waals surface area contributed by atoms with Gasteiger partial charge in [0.25, 0.3) is 0 Å². The second-order valence-corrected chi connectivity index (χ2v) is 5.52. The summed E-state index contributed by atoms with van der Waals surface area (Å²) in [7, 11) is 0. The van der Waals surface area contributed by atoms with Crippen LogP contribution in [0.25, 0.3) is 11.3 Å². The highest BCUT2D eigenvalue weighted by Gasteiger charge is 2.18. The van der Waals surface area contributed by atoms with E-state index in [1.54, 1.807) is 17.2 Å². The number of nitrogens with zero attached hydrogens (tertiary/aromatic N) is 4. The molecule has 0 radical (unpaired) electrons. The molecule has 1 N–H and O–H groups in total. The monoisotopic (exact) mass is 329 g/mol. The van der Waals surface area contributed by atoms with Crippen LogP contribution in [0.15, 0.2) is 30.5 Å². The quantitative estimate of drug-likeness (QED) is 0.894. The van der Waals surface area contributed by atoms with Gasteiger partial charge in [-0.2, -0.15) is 0 Å². The third-order valence-electron chi connectivity index (χ3n) is 3.71. The largest absolute Gasteiger partial charge is 0.378 e. The first-order valence-electron chi connectivity index (χ1n) is 7.76. The van der Waals surface area contributed by atoms with Gasteiger partial charge in [0, 0.05) is 25.6 Å². The Labute approximate surface area is 139 Å². The molecule has 3 rings (SSSR count). The van der Waals surface area contributed by atoms with Gasteiger partial charge in [-0.25, -0.2) is 4.68 Å². The van der Waals surface area contributed by atoms with Crippen LogP contribution in [-0.2, 0) is 20.9 Å². The third-order valence-corrected chi connectivity index (χ3v) is 3.71. The Morgan fingerprint density at radius 2 is 2.00 bits per heavy atom. The molecule has 0 unspecified atom stereocenters. The van der Waals surface area contributed by atoms with E-state index in [2.05, 4.69) is 15.6 Å². The number of carbonyl (C=O) groups excluding carboxylic acids is 2. The summed E-state index contributed by atoms with van der Waals surface area (Å²) in [6.07, 6.45) is 1.71. The van der Waals surface area contributed by atoms with Gasteiger partial charge in [-0.3, -0.25) is 9.59 Å². The molecule has 0 aliphatic carbocycles. The first kappa shape index (κ1) is 16.1. The predicted octanol–water partition coefficient (Wildman–Crippen LogP) is 0.762. The van der Waals surface area contributed by atoms with Crippen molar-refractivity contribution in [2.24, 2.45) is 0 Å². The summed E-state index contributed by atoms with van der Waals surface area (Å²) < 4.78 is 6.76. The van der Waals surface area contributed by atoms with Crippen molar-refractivity contribution < 1.29 is 14.3 Å². The topological polar surface area (TPSA) is 89.4 Å². The zero-order valence-electron chi connectivity index (χ0n) is 13.4. The lowest BCUT2D eigenvalue weighted by Gasteiger charge is -2.26. The number of nitrogens with one attached hydrogen (secondary N) is 1. The average Bonchev–Trinajstić information content (AvgIpc) is 3.04. The molecule has 126 valence electrons. The van der Waals surface area contributed by atoms with E-state index in [-0.39, 0.29) is 18.4 Å². The number of amides is 2. The van der Waals surface area contributed by atoms with Gasteiger partial charge >= 0.3 is 0 Å². The second kappa shape index (κ2) is 7.22. The minimum atomic E-state index is -0.155. The summed E-state index contributed by atoms with van der Waals surface area (Å²) in [4.78, 5) is 25.3. The van der Waals surface area contributed by atoms with Gasteiger partial charge in [0.15, 0.2) is 0 Å². The van der Waals surface area contributed by atoms with Gasteiger partial charge < -0.3 is 15.0 Å². The summed E-state index contributed by atoms with van der Waals surface area (Å²) in [5.41, 5.74) is 2.03. The Morgan fingerprint density at radius 3 is 2.75 bits per heavy atom. The molecule has 0 bridgehead atoms. The fourth-order valence-electron chi connectivity index (χ4n) is 2.56. The summed E-state index contributed by atoms with van der Waals surface area (Å²) in [5, 5.41) is 10.9. The minimum Gasteiger partial charge on any atom is -0.378 e. The van der Waals surface area contributed by atoms with Crippen LogP contribution in [0.2, 0.25) is 0 Å². The molecule has 8 nitrogen and oxygen atoms in total. The van der Waals surface area contributed by atoms with Gasteiger partial charge in [0.05, 0.1) is 25.1 Å². The van der Waals surface area contributed by atoms with Crippen molar-refractivity contribution >= 4 is 17.5 Å². The number of carbonyl (C=O) groups is 2. The van der Waals surface area contributed by atoms with Crippen molar-refractivity contribution in [2.45, 2.75) is 13.5 Å². The number of aromatic nitrogens is 3. The van der Waals surface area contributed by atoms with Crippen molar-refractivity contribution in [1.82, 2.24) is 19.9 Å². The average molecular weight is 329 g/mol. The molecule has 0 atom stereocenters. The van der Waals surface area contributed by atoms with Crippen molar-refractivity contribution in [3.05, 3.63) is 30.5 Å². The van der Waals surface area contributed by atoms with Crippen LogP contribution in [0.1, 0.15) is 6.92 Å². The minimum absolute atomic E-state index is 0.00936. The van der Waals surface area contributed by atoms with Gasteiger partial charge in [-0.1, -0.05) is 23.4 Å². The maximum atomic E-state index is 12.3. The van der Waals surface area contributed by atoms with Crippen LogP contribution < -0.4 is 5.32 Å². The Kier molecular flexibility index (Phi) is 4.85. The molecule has 1 aromatic heterocycles. The maximum absolute atomic E-state index is 12.3. The molecule has 1 saturated heterocycles. The predicted molar refractivity (Wildman–Crippen MR) is 87.2 cm³/mol. The van der Waals surface area contributed by atoms with E-state index in [1.807, 2.05) is 18.2 Å². The second-order valence-electron chi connectivity index (χ2n) is 5.52. The number of hydrogen-bond donors (Lipinski definition) is 1. The van der Waals surface area contributed by atoms with E-state index in [0.717, 1.165) is 5.56 Å². The number of anilines is 1. The van der Waals surface area contributed by atoms with Gasteiger partial charge in [-0.15, -0.1) is 5.10 Å². The van der Waals surface area contributed by atoms with Crippen LogP contribution in [-0.4, -0.2) is 58.0 Å². The first-order chi connectivity index (χ1) is 11.6. The lowest BCUT2D eigenvalue weighted by atomic mass is 10.1. The molecule has 2 amide bonds. The fourth-order valence-corrected chi connectivity index (χ4v) is 2.56. The number of hydrogen-bond acceptors (Lipinski definition) is 5. The van der Waals surface area contributed by atoms with Gasteiger partial charge in [0.2, 0.25) is 11.8 Å². The molecular weight excluding hydrogens is 310 g/mol. The molecule has 24 heavy (non-hydrogen) atoms. The number of morpholine rings is 1. The SMILES string of the molecule is CC(=O)Nc1ccccc1-c1cn(CC(=O)N2CCOCC2)nn1. The standard InChI is InChI=1S/C16H19N5O3/c1-12(22)17-14-5-3-2-4-13(14)15-10-21(19-18-15)11-16(23)20-6-8-24-9-7-20/h2-5,10H,6-9,11H2,1H3,(H,17,22). The Hall–Kier alpha value is -2.74. The number of benzene rings is 1. The van der Waals surface area contributed by atoms with Crippen LogP contribution in [0.3, 0.4) is 0 Å². The highest BCUT2D eigenvalue weighted by atomic mass is 16.5. The molecule has 1 aliphatic rings. The molecule has 2 aromatic rings. The fraction of sp³-hybridized carbons (Fsp3) is 0.375. The summed E-state index contributed by atoms with van der Waals surface area (Å²) in [6, 6.07) is 7.35. The van der Waals surface area contributed by atoms with Crippen LogP contribution in [0.4, 0.5) is 5.69 Å². The highest BCUT2D eigenvalue weighted by Crippen LogP contribution is 2.25. The zero-order valence-corrected chi connectivity index (χ0v) is 13.4. The zero-order chi connectivity index (χ0) is 16.9. The van der Waals surface area contributed by atoms with Gasteiger partial charge in [0.1, 0.15) is 12.2 Å². The molecule has 1 fully saturated rings. The molecule has 0 saturated carbocycles. The Balaban J connectivity index is 1.74. The summed E-state index contributed by atoms with van der Waals surface area (Å²) in [6.45, 7) is 3.93. The van der Waals surface area contributed by atoms with E-state index in [9.17, 15) is 9.59 Å². The van der Waals surface area contributed by atoms with E-state index < -0.39 is 0 Å². The van der Waals surface area contributed by atoms with E-state index in [0.29, 0.717) is 37.7 Å². The Bertz CT molecular complexity index is 737.